The third kappa shape index (κ3) is 3.59. The second-order valence-electron chi connectivity index (χ2n) is 7.03. The van der Waals surface area contributed by atoms with Crippen LogP contribution in [0.4, 0.5) is 17.5 Å². The molecule has 0 bridgehead atoms. The van der Waals surface area contributed by atoms with Crippen molar-refractivity contribution in [3.8, 4) is 5.69 Å². The van der Waals surface area contributed by atoms with E-state index in [0.29, 0.717) is 17.9 Å². The number of nitrogen functional groups attached to an aromatic ring is 1. The lowest BCUT2D eigenvalue weighted by Gasteiger charge is -2.17. The summed E-state index contributed by atoms with van der Waals surface area (Å²) >= 11 is 12.5. The Bertz CT molecular complexity index is 1370. The van der Waals surface area contributed by atoms with Crippen LogP contribution in [0.5, 0.6) is 0 Å². The molecular weight excluding hydrogens is 439 g/mol. The zero-order valence-corrected chi connectivity index (χ0v) is 17.6. The SMILES string of the molecule is Nc1c2cnc(Nc3ccc4c(c3)COCC4)nc2nc(=O)n1-c1c(Cl)cccc1Cl. The number of aromatic nitrogens is 4. The highest BCUT2D eigenvalue weighted by Crippen LogP contribution is 2.30. The average Bonchev–Trinajstić information content (AvgIpc) is 2.75. The van der Waals surface area contributed by atoms with Crippen LogP contribution in [0.2, 0.25) is 10.0 Å². The molecular formula is C21H16Cl2N6O2. The third-order valence-electron chi connectivity index (χ3n) is 5.08. The molecule has 1 aliphatic heterocycles. The maximum absolute atomic E-state index is 12.7. The van der Waals surface area contributed by atoms with Crippen molar-refractivity contribution in [2.24, 2.45) is 0 Å². The van der Waals surface area contributed by atoms with Gasteiger partial charge in [0.15, 0.2) is 5.65 Å². The molecule has 31 heavy (non-hydrogen) atoms. The van der Waals surface area contributed by atoms with Crippen LogP contribution in [0.25, 0.3) is 16.7 Å². The Hall–Kier alpha value is -3.20. The lowest BCUT2D eigenvalue weighted by Crippen LogP contribution is -2.25. The summed E-state index contributed by atoms with van der Waals surface area (Å²) in [4.78, 5) is 25.5. The van der Waals surface area contributed by atoms with Crippen LogP contribution in [0.15, 0.2) is 47.4 Å². The number of anilines is 3. The van der Waals surface area contributed by atoms with Crippen LogP contribution in [-0.4, -0.2) is 26.1 Å². The van der Waals surface area contributed by atoms with Gasteiger partial charge < -0.3 is 15.8 Å². The molecule has 5 rings (SSSR count). The van der Waals surface area contributed by atoms with Gasteiger partial charge in [0, 0.05) is 11.9 Å². The van der Waals surface area contributed by atoms with Crippen molar-refractivity contribution in [1.29, 1.82) is 0 Å². The van der Waals surface area contributed by atoms with E-state index in [-0.39, 0.29) is 27.2 Å². The first-order valence-corrected chi connectivity index (χ1v) is 10.2. The van der Waals surface area contributed by atoms with Crippen LogP contribution < -0.4 is 16.7 Å². The summed E-state index contributed by atoms with van der Waals surface area (Å²) in [5.74, 6) is 0.395. The topological polar surface area (TPSA) is 108 Å². The second kappa shape index (κ2) is 7.81. The zero-order chi connectivity index (χ0) is 21.5. The number of nitrogens with two attached hydrogens (primary N) is 1. The molecule has 3 N–H and O–H groups in total. The van der Waals surface area contributed by atoms with Crippen molar-refractivity contribution >= 4 is 51.7 Å². The third-order valence-corrected chi connectivity index (χ3v) is 5.69. The highest BCUT2D eigenvalue weighted by atomic mass is 35.5. The normalized spacial score (nSPS) is 13.2. The second-order valence-corrected chi connectivity index (χ2v) is 7.84. The summed E-state index contributed by atoms with van der Waals surface area (Å²) in [6.07, 6.45) is 2.40. The van der Waals surface area contributed by atoms with Gasteiger partial charge in [-0.2, -0.15) is 9.97 Å². The van der Waals surface area contributed by atoms with Gasteiger partial charge in [-0.3, -0.25) is 0 Å². The molecule has 0 atom stereocenters. The van der Waals surface area contributed by atoms with E-state index in [1.807, 2.05) is 12.1 Å². The van der Waals surface area contributed by atoms with Gasteiger partial charge in [0.1, 0.15) is 5.82 Å². The van der Waals surface area contributed by atoms with Gasteiger partial charge in [-0.05, 0) is 41.8 Å². The molecule has 0 spiro atoms. The van der Waals surface area contributed by atoms with Crippen LogP contribution in [0, 0.1) is 0 Å². The Morgan fingerprint density at radius 1 is 1.10 bits per heavy atom. The minimum atomic E-state index is -0.643. The van der Waals surface area contributed by atoms with Gasteiger partial charge in [-0.25, -0.2) is 14.3 Å². The summed E-state index contributed by atoms with van der Waals surface area (Å²) in [6, 6.07) is 10.9. The van der Waals surface area contributed by atoms with Gasteiger partial charge in [0.05, 0.1) is 34.3 Å². The molecule has 0 saturated carbocycles. The molecule has 0 saturated heterocycles. The predicted molar refractivity (Wildman–Crippen MR) is 120 cm³/mol. The standard InChI is InChI=1S/C21H16Cl2N6O2/c22-15-2-1-3-16(23)17(15)29-18(24)14-9-25-20(27-19(14)28-21(29)30)26-13-5-4-11-6-7-31-10-12(11)8-13/h1-5,8-9H,6-7,10,24H2,(H,26,27,28,30). The number of nitrogens with one attached hydrogen (secondary N) is 1. The first-order valence-electron chi connectivity index (χ1n) is 9.47. The number of benzene rings is 2. The average molecular weight is 455 g/mol. The van der Waals surface area contributed by atoms with E-state index in [0.717, 1.165) is 28.8 Å². The highest BCUT2D eigenvalue weighted by Gasteiger charge is 2.17. The van der Waals surface area contributed by atoms with Crippen LogP contribution >= 0.6 is 23.2 Å². The van der Waals surface area contributed by atoms with Gasteiger partial charge in [-0.1, -0.05) is 35.3 Å². The van der Waals surface area contributed by atoms with Gasteiger partial charge in [-0.15, -0.1) is 0 Å². The molecule has 4 aromatic rings. The minimum Gasteiger partial charge on any atom is -0.384 e. The summed E-state index contributed by atoms with van der Waals surface area (Å²) < 4.78 is 6.67. The fourth-order valence-electron chi connectivity index (χ4n) is 3.56. The molecule has 8 nitrogen and oxygen atoms in total. The van der Waals surface area contributed by atoms with E-state index in [9.17, 15) is 4.79 Å². The molecule has 0 aliphatic carbocycles. The van der Waals surface area contributed by atoms with E-state index in [1.54, 1.807) is 18.2 Å². The minimum absolute atomic E-state index is 0.0995. The van der Waals surface area contributed by atoms with E-state index >= 15 is 0 Å². The lowest BCUT2D eigenvalue weighted by atomic mass is 10.0. The van der Waals surface area contributed by atoms with Crippen molar-refractivity contribution < 1.29 is 4.74 Å². The summed E-state index contributed by atoms with van der Waals surface area (Å²) in [5.41, 5.74) is 9.25. The monoisotopic (exact) mass is 454 g/mol. The Morgan fingerprint density at radius 3 is 2.71 bits per heavy atom. The number of nitrogens with zero attached hydrogens (tertiary/aromatic N) is 4. The summed E-state index contributed by atoms with van der Waals surface area (Å²) in [5, 5.41) is 4.09. The van der Waals surface area contributed by atoms with Crippen molar-refractivity contribution in [3.05, 3.63) is 74.3 Å². The van der Waals surface area contributed by atoms with E-state index in [2.05, 4.69) is 26.3 Å². The molecule has 2 aromatic carbocycles. The molecule has 0 amide bonds. The van der Waals surface area contributed by atoms with Crippen LogP contribution in [0.3, 0.4) is 0 Å². The number of rotatable bonds is 3. The molecule has 156 valence electrons. The smallest absolute Gasteiger partial charge is 0.355 e. The molecule has 0 radical (unpaired) electrons. The Balaban J connectivity index is 1.55. The number of ether oxygens (including phenoxy) is 1. The van der Waals surface area contributed by atoms with Gasteiger partial charge in [0.2, 0.25) is 5.95 Å². The van der Waals surface area contributed by atoms with E-state index < -0.39 is 5.69 Å². The maximum Gasteiger partial charge on any atom is 0.355 e. The van der Waals surface area contributed by atoms with Crippen molar-refractivity contribution in [1.82, 2.24) is 19.5 Å². The van der Waals surface area contributed by atoms with E-state index in [4.69, 9.17) is 33.7 Å². The number of fused-ring (bicyclic) bond motifs is 2. The molecule has 2 aromatic heterocycles. The van der Waals surface area contributed by atoms with Crippen molar-refractivity contribution in [2.75, 3.05) is 17.7 Å². The maximum atomic E-state index is 12.7. The fourth-order valence-corrected chi connectivity index (χ4v) is 4.12. The zero-order valence-electron chi connectivity index (χ0n) is 16.1. The Kier molecular flexibility index (Phi) is 4.97. The first-order chi connectivity index (χ1) is 15.0. The van der Waals surface area contributed by atoms with Crippen molar-refractivity contribution in [2.45, 2.75) is 13.0 Å². The van der Waals surface area contributed by atoms with Crippen LogP contribution in [0.1, 0.15) is 11.1 Å². The quantitative estimate of drug-likeness (QED) is 0.483. The summed E-state index contributed by atoms with van der Waals surface area (Å²) in [7, 11) is 0. The fraction of sp³-hybridized carbons (Fsp3) is 0.143. The number of hydrogen-bond acceptors (Lipinski definition) is 7. The highest BCUT2D eigenvalue weighted by molar-refractivity contribution is 6.37. The molecule has 0 unspecified atom stereocenters. The first kappa shape index (κ1) is 19.7. The number of para-hydroxylation sites is 1. The molecule has 3 heterocycles. The lowest BCUT2D eigenvalue weighted by molar-refractivity contribution is 0.111. The number of hydrogen-bond donors (Lipinski definition) is 2. The molecule has 10 heteroatoms. The largest absolute Gasteiger partial charge is 0.384 e. The van der Waals surface area contributed by atoms with Crippen LogP contribution in [-0.2, 0) is 17.8 Å². The molecule has 1 aliphatic rings. The van der Waals surface area contributed by atoms with Crippen molar-refractivity contribution in [3.63, 3.8) is 0 Å². The molecule has 0 fully saturated rings. The Morgan fingerprint density at radius 2 is 1.90 bits per heavy atom. The predicted octanol–water partition coefficient (Wildman–Crippen LogP) is 3.88. The summed E-state index contributed by atoms with van der Waals surface area (Å²) in [6.45, 7) is 1.31. The van der Waals surface area contributed by atoms with E-state index in [1.165, 1.54) is 11.8 Å². The van der Waals surface area contributed by atoms with Gasteiger partial charge >= 0.3 is 5.69 Å². The van der Waals surface area contributed by atoms with Gasteiger partial charge in [0.25, 0.3) is 0 Å². The Labute approximate surface area is 186 Å². The number of halogens is 2.